The number of rotatable bonds is 7. The molecule has 5 rings (SSSR count). The number of nitrogens with zero attached hydrogens (tertiary/aromatic N) is 3. The number of hydrogen-bond donors (Lipinski definition) is 1. The number of carbonyl (C=O) groups excluding carboxylic acids is 1. The third-order valence-electron chi connectivity index (χ3n) is 6.05. The lowest BCUT2D eigenvalue weighted by Crippen LogP contribution is -2.33. The SMILES string of the molecule is COc1ccc(C(NC(=O)Cn2c(-c3ccccc3)cc3ccccc32)c2nccn2C)cc1. The summed E-state index contributed by atoms with van der Waals surface area (Å²) in [6.07, 6.45) is 3.62. The molecular formula is C28H26N4O2. The van der Waals surface area contributed by atoms with E-state index < -0.39 is 0 Å². The maximum Gasteiger partial charge on any atom is 0.240 e. The average Bonchev–Trinajstić information content (AvgIpc) is 3.47. The van der Waals surface area contributed by atoms with Gasteiger partial charge in [0.15, 0.2) is 0 Å². The first-order chi connectivity index (χ1) is 16.6. The topological polar surface area (TPSA) is 61.1 Å². The van der Waals surface area contributed by atoms with Gasteiger partial charge in [-0.15, -0.1) is 0 Å². The van der Waals surface area contributed by atoms with Crippen LogP contribution >= 0.6 is 0 Å². The quantitative estimate of drug-likeness (QED) is 0.381. The number of nitrogens with one attached hydrogen (secondary N) is 1. The molecule has 1 amide bonds. The molecule has 2 heterocycles. The largest absolute Gasteiger partial charge is 0.497 e. The lowest BCUT2D eigenvalue weighted by molar-refractivity contribution is -0.122. The van der Waals surface area contributed by atoms with Crippen molar-refractivity contribution in [3.63, 3.8) is 0 Å². The Morgan fingerprint density at radius 3 is 2.44 bits per heavy atom. The number of methoxy groups -OCH3 is 1. The van der Waals surface area contributed by atoms with Gasteiger partial charge in [-0.05, 0) is 35.4 Å². The van der Waals surface area contributed by atoms with E-state index in [1.807, 2.05) is 72.4 Å². The number of ether oxygens (including phenoxy) is 1. The Bertz CT molecular complexity index is 1420. The molecule has 0 aliphatic heterocycles. The summed E-state index contributed by atoms with van der Waals surface area (Å²) in [4.78, 5) is 18.0. The molecule has 0 spiro atoms. The van der Waals surface area contributed by atoms with Crippen LogP contribution < -0.4 is 10.1 Å². The van der Waals surface area contributed by atoms with Crippen LogP contribution in [0.15, 0.2) is 97.3 Å². The van der Waals surface area contributed by atoms with Crippen molar-refractivity contribution in [1.82, 2.24) is 19.4 Å². The molecule has 5 aromatic rings. The molecule has 6 heteroatoms. The molecule has 34 heavy (non-hydrogen) atoms. The van der Waals surface area contributed by atoms with Gasteiger partial charge in [-0.3, -0.25) is 4.79 Å². The van der Waals surface area contributed by atoms with Crippen LogP contribution in [0.4, 0.5) is 0 Å². The van der Waals surface area contributed by atoms with Gasteiger partial charge in [-0.25, -0.2) is 4.98 Å². The highest BCUT2D eigenvalue weighted by atomic mass is 16.5. The van der Waals surface area contributed by atoms with Gasteiger partial charge < -0.3 is 19.2 Å². The van der Waals surface area contributed by atoms with E-state index in [0.717, 1.165) is 39.3 Å². The Balaban J connectivity index is 1.49. The highest BCUT2D eigenvalue weighted by Gasteiger charge is 2.22. The van der Waals surface area contributed by atoms with Crippen molar-refractivity contribution in [2.24, 2.45) is 7.05 Å². The Labute approximate surface area is 198 Å². The fraction of sp³-hybridized carbons (Fsp3) is 0.143. The zero-order valence-corrected chi connectivity index (χ0v) is 19.2. The summed E-state index contributed by atoms with van der Waals surface area (Å²) >= 11 is 0. The third-order valence-corrected chi connectivity index (χ3v) is 6.05. The minimum absolute atomic E-state index is 0.0950. The number of fused-ring (bicyclic) bond motifs is 1. The Morgan fingerprint density at radius 1 is 1.00 bits per heavy atom. The Kier molecular flexibility index (Phi) is 5.87. The van der Waals surface area contributed by atoms with Gasteiger partial charge in [0.25, 0.3) is 0 Å². The molecule has 0 bridgehead atoms. The molecule has 0 aliphatic rings. The summed E-state index contributed by atoms with van der Waals surface area (Å²) in [5.74, 6) is 1.43. The summed E-state index contributed by atoms with van der Waals surface area (Å²) in [5.41, 5.74) is 4.04. The molecule has 0 radical (unpaired) electrons. The van der Waals surface area contributed by atoms with E-state index in [1.54, 1.807) is 13.3 Å². The van der Waals surface area contributed by atoms with Gasteiger partial charge in [0.2, 0.25) is 5.91 Å². The van der Waals surface area contributed by atoms with E-state index in [2.05, 4.69) is 45.2 Å². The van der Waals surface area contributed by atoms with Crippen LogP contribution in [0.2, 0.25) is 0 Å². The summed E-state index contributed by atoms with van der Waals surface area (Å²) < 4.78 is 9.30. The molecule has 170 valence electrons. The first-order valence-corrected chi connectivity index (χ1v) is 11.2. The summed E-state index contributed by atoms with van der Waals surface area (Å²) in [5, 5.41) is 4.31. The molecule has 1 atom stereocenters. The minimum Gasteiger partial charge on any atom is -0.497 e. The van der Waals surface area contributed by atoms with E-state index in [-0.39, 0.29) is 18.5 Å². The van der Waals surface area contributed by atoms with Crippen molar-refractivity contribution in [3.8, 4) is 17.0 Å². The fourth-order valence-electron chi connectivity index (χ4n) is 4.33. The molecule has 1 N–H and O–H groups in total. The first kappa shape index (κ1) is 21.5. The molecule has 1 unspecified atom stereocenters. The van der Waals surface area contributed by atoms with Crippen LogP contribution in [0.5, 0.6) is 5.75 Å². The maximum atomic E-state index is 13.5. The zero-order chi connectivity index (χ0) is 23.5. The Morgan fingerprint density at radius 2 is 1.74 bits per heavy atom. The number of hydrogen-bond acceptors (Lipinski definition) is 3. The molecular weight excluding hydrogens is 424 g/mol. The second-order valence-corrected chi connectivity index (χ2v) is 8.21. The second kappa shape index (κ2) is 9.27. The van der Waals surface area contributed by atoms with E-state index in [1.165, 1.54) is 0 Å². The average molecular weight is 451 g/mol. The number of benzene rings is 3. The number of aromatic nitrogens is 3. The maximum absolute atomic E-state index is 13.5. The molecule has 0 fully saturated rings. The summed E-state index contributed by atoms with van der Waals surface area (Å²) in [6, 6.07) is 27.7. The van der Waals surface area contributed by atoms with Crippen LogP contribution in [-0.2, 0) is 18.4 Å². The third kappa shape index (κ3) is 4.18. The highest BCUT2D eigenvalue weighted by Crippen LogP contribution is 2.29. The van der Waals surface area contributed by atoms with Crippen LogP contribution in [-0.4, -0.2) is 27.1 Å². The van der Waals surface area contributed by atoms with Crippen molar-refractivity contribution in [3.05, 3.63) is 109 Å². The van der Waals surface area contributed by atoms with Gasteiger partial charge in [-0.2, -0.15) is 0 Å². The van der Waals surface area contributed by atoms with Crippen LogP contribution in [0.1, 0.15) is 17.4 Å². The lowest BCUT2D eigenvalue weighted by Gasteiger charge is -2.20. The van der Waals surface area contributed by atoms with E-state index in [4.69, 9.17) is 4.74 Å². The van der Waals surface area contributed by atoms with Gasteiger partial charge in [0.1, 0.15) is 24.2 Å². The second-order valence-electron chi connectivity index (χ2n) is 8.21. The highest BCUT2D eigenvalue weighted by molar-refractivity contribution is 5.89. The minimum atomic E-state index is -0.389. The predicted molar refractivity (Wildman–Crippen MR) is 134 cm³/mol. The van der Waals surface area contributed by atoms with Crippen LogP contribution in [0.3, 0.4) is 0 Å². The van der Waals surface area contributed by atoms with Crippen molar-refractivity contribution in [2.75, 3.05) is 7.11 Å². The predicted octanol–water partition coefficient (Wildman–Crippen LogP) is 4.96. The molecule has 6 nitrogen and oxygen atoms in total. The monoisotopic (exact) mass is 450 g/mol. The van der Waals surface area contributed by atoms with E-state index in [0.29, 0.717) is 0 Å². The van der Waals surface area contributed by atoms with E-state index in [9.17, 15) is 4.79 Å². The van der Waals surface area contributed by atoms with Crippen LogP contribution in [0, 0.1) is 0 Å². The normalized spacial score (nSPS) is 11.9. The van der Waals surface area contributed by atoms with Crippen molar-refractivity contribution >= 4 is 16.8 Å². The molecule has 3 aromatic carbocycles. The number of imidazole rings is 1. The summed E-state index contributed by atoms with van der Waals surface area (Å²) in [6.45, 7) is 0.189. The van der Waals surface area contributed by atoms with Gasteiger partial charge in [-0.1, -0.05) is 60.7 Å². The molecule has 0 saturated carbocycles. The van der Waals surface area contributed by atoms with Crippen molar-refractivity contribution in [1.29, 1.82) is 0 Å². The van der Waals surface area contributed by atoms with Gasteiger partial charge >= 0.3 is 0 Å². The smallest absolute Gasteiger partial charge is 0.240 e. The molecule has 2 aromatic heterocycles. The lowest BCUT2D eigenvalue weighted by atomic mass is 10.1. The molecule has 0 saturated heterocycles. The van der Waals surface area contributed by atoms with Crippen molar-refractivity contribution < 1.29 is 9.53 Å². The fourth-order valence-corrected chi connectivity index (χ4v) is 4.33. The standard InChI is InChI=1S/C28H26N4O2/c1-31-17-16-29-28(31)27(21-12-14-23(34-2)15-13-21)30-26(33)19-32-24-11-7-6-10-22(24)18-25(32)20-8-4-3-5-9-20/h3-18,27H,19H2,1-2H3,(H,30,33). The van der Waals surface area contributed by atoms with E-state index >= 15 is 0 Å². The van der Waals surface area contributed by atoms with Gasteiger partial charge in [0.05, 0.1) is 7.11 Å². The summed E-state index contributed by atoms with van der Waals surface area (Å²) in [7, 11) is 3.57. The zero-order valence-electron chi connectivity index (χ0n) is 19.2. The van der Waals surface area contributed by atoms with Gasteiger partial charge in [0, 0.05) is 36.0 Å². The number of amides is 1. The molecule has 0 aliphatic carbocycles. The van der Waals surface area contributed by atoms with Crippen molar-refractivity contribution in [2.45, 2.75) is 12.6 Å². The number of carbonyl (C=O) groups is 1. The Hall–Kier alpha value is -4.32. The number of aryl methyl sites for hydroxylation is 1. The number of para-hydroxylation sites is 1. The first-order valence-electron chi connectivity index (χ1n) is 11.2. The van der Waals surface area contributed by atoms with Crippen LogP contribution in [0.25, 0.3) is 22.2 Å².